The van der Waals surface area contributed by atoms with Crippen LogP contribution in [-0.2, 0) is 19.6 Å². The molecule has 8 heteroatoms. The van der Waals surface area contributed by atoms with Crippen molar-refractivity contribution in [3.05, 3.63) is 54.1 Å². The van der Waals surface area contributed by atoms with Crippen molar-refractivity contribution in [1.29, 1.82) is 0 Å². The van der Waals surface area contributed by atoms with Gasteiger partial charge in [0.05, 0.1) is 23.3 Å². The van der Waals surface area contributed by atoms with E-state index in [0.717, 1.165) is 16.1 Å². The van der Waals surface area contributed by atoms with Gasteiger partial charge in [-0.15, -0.1) is 0 Å². The van der Waals surface area contributed by atoms with Gasteiger partial charge in [-0.2, -0.15) is 0 Å². The van der Waals surface area contributed by atoms with Gasteiger partial charge in [0.25, 0.3) is 0 Å². The number of anilines is 3. The Hall–Kier alpha value is -2.87. The molecule has 0 radical (unpaired) electrons. The van der Waals surface area contributed by atoms with Crippen molar-refractivity contribution in [2.24, 2.45) is 0 Å². The Morgan fingerprint density at radius 1 is 1.15 bits per heavy atom. The molecular formula is C18H19N3O4S. The lowest BCUT2D eigenvalue weighted by molar-refractivity contribution is -0.121. The van der Waals surface area contributed by atoms with Gasteiger partial charge in [-0.25, -0.2) is 8.42 Å². The molecule has 0 aromatic heterocycles. The number of carbonyl (C=O) groups excluding carboxylic acids is 2. The van der Waals surface area contributed by atoms with E-state index in [2.05, 4.69) is 5.32 Å². The van der Waals surface area contributed by atoms with Crippen molar-refractivity contribution in [1.82, 2.24) is 0 Å². The van der Waals surface area contributed by atoms with E-state index in [-0.39, 0.29) is 19.0 Å². The topological polar surface area (TPSA) is 86.8 Å². The lowest BCUT2D eigenvalue weighted by atomic mass is 10.2. The largest absolute Gasteiger partial charge is 0.323 e. The number of nitrogens with one attached hydrogen (secondary N) is 1. The quantitative estimate of drug-likeness (QED) is 0.885. The van der Waals surface area contributed by atoms with Gasteiger partial charge < -0.3 is 5.32 Å². The monoisotopic (exact) mass is 373 g/mol. The van der Waals surface area contributed by atoms with Crippen LogP contribution in [0.4, 0.5) is 17.1 Å². The molecule has 0 saturated carbocycles. The highest BCUT2D eigenvalue weighted by Crippen LogP contribution is 2.29. The van der Waals surface area contributed by atoms with Crippen molar-refractivity contribution >= 4 is 38.9 Å². The van der Waals surface area contributed by atoms with Crippen LogP contribution in [0.25, 0.3) is 0 Å². The van der Waals surface area contributed by atoms with Crippen molar-refractivity contribution in [3.63, 3.8) is 0 Å². The number of hydrogen-bond acceptors (Lipinski definition) is 4. The molecule has 1 heterocycles. The first kappa shape index (κ1) is 17.9. The number of amides is 2. The molecule has 0 fully saturated rings. The Morgan fingerprint density at radius 3 is 2.46 bits per heavy atom. The van der Waals surface area contributed by atoms with E-state index in [0.29, 0.717) is 17.1 Å². The molecule has 0 unspecified atom stereocenters. The van der Waals surface area contributed by atoms with E-state index in [1.54, 1.807) is 48.5 Å². The summed E-state index contributed by atoms with van der Waals surface area (Å²) in [7, 11) is -3.67. The zero-order chi connectivity index (χ0) is 18.9. The van der Waals surface area contributed by atoms with Crippen LogP contribution >= 0.6 is 0 Å². The van der Waals surface area contributed by atoms with E-state index < -0.39 is 15.9 Å². The summed E-state index contributed by atoms with van der Waals surface area (Å²) in [4.78, 5) is 26.0. The minimum absolute atomic E-state index is 0.151. The number of rotatable bonds is 4. The van der Waals surface area contributed by atoms with Crippen LogP contribution < -0.4 is 14.5 Å². The third kappa shape index (κ3) is 3.70. The van der Waals surface area contributed by atoms with Crippen LogP contribution in [-0.4, -0.2) is 39.6 Å². The van der Waals surface area contributed by atoms with Gasteiger partial charge >= 0.3 is 0 Å². The summed E-state index contributed by atoms with van der Waals surface area (Å²) < 4.78 is 25.5. The van der Waals surface area contributed by atoms with E-state index in [9.17, 15) is 18.0 Å². The molecule has 2 aromatic carbocycles. The van der Waals surface area contributed by atoms with Gasteiger partial charge in [0.2, 0.25) is 21.8 Å². The smallest absolute Gasteiger partial charge is 0.248 e. The SMILES string of the molecule is Cc1ccc(N(CC(=O)N2CC(=O)Nc3ccccc32)S(C)(=O)=O)cc1. The van der Waals surface area contributed by atoms with Crippen LogP contribution in [0, 0.1) is 6.92 Å². The molecule has 0 aliphatic carbocycles. The predicted octanol–water partition coefficient (Wildman–Crippen LogP) is 1.75. The number of benzene rings is 2. The number of fused-ring (bicyclic) bond motifs is 1. The highest BCUT2D eigenvalue weighted by atomic mass is 32.2. The van der Waals surface area contributed by atoms with E-state index >= 15 is 0 Å². The van der Waals surface area contributed by atoms with E-state index in [4.69, 9.17) is 0 Å². The molecule has 0 spiro atoms. The fourth-order valence-corrected chi connectivity index (χ4v) is 3.62. The van der Waals surface area contributed by atoms with Crippen molar-refractivity contribution in [3.8, 4) is 0 Å². The van der Waals surface area contributed by atoms with Crippen molar-refractivity contribution in [2.45, 2.75) is 6.92 Å². The normalized spacial score (nSPS) is 13.8. The lowest BCUT2D eigenvalue weighted by Crippen LogP contribution is -2.47. The van der Waals surface area contributed by atoms with Gasteiger partial charge in [-0.1, -0.05) is 29.8 Å². The van der Waals surface area contributed by atoms with Gasteiger partial charge in [0.1, 0.15) is 13.1 Å². The summed E-state index contributed by atoms with van der Waals surface area (Å²) in [6.07, 6.45) is 1.05. The fraction of sp³-hybridized carbons (Fsp3) is 0.222. The van der Waals surface area contributed by atoms with Gasteiger partial charge in [0.15, 0.2) is 0 Å². The Morgan fingerprint density at radius 2 is 1.81 bits per heavy atom. The summed E-state index contributed by atoms with van der Waals surface area (Å²) in [6, 6.07) is 13.8. The maximum absolute atomic E-state index is 12.8. The van der Waals surface area contributed by atoms with Gasteiger partial charge in [0, 0.05) is 0 Å². The number of hydrogen-bond donors (Lipinski definition) is 1. The van der Waals surface area contributed by atoms with Crippen molar-refractivity contribution in [2.75, 3.05) is 33.9 Å². The summed E-state index contributed by atoms with van der Waals surface area (Å²) in [5.41, 5.74) is 2.46. The van der Waals surface area contributed by atoms with Crippen LogP contribution in [0.3, 0.4) is 0 Å². The maximum atomic E-state index is 12.8. The molecular weight excluding hydrogens is 354 g/mol. The molecule has 0 saturated heterocycles. The Balaban J connectivity index is 1.92. The Bertz CT molecular complexity index is 955. The Labute approximate surface area is 152 Å². The highest BCUT2D eigenvalue weighted by Gasteiger charge is 2.30. The lowest BCUT2D eigenvalue weighted by Gasteiger charge is -2.31. The van der Waals surface area contributed by atoms with Crippen LogP contribution in [0.15, 0.2) is 48.5 Å². The van der Waals surface area contributed by atoms with E-state index in [1.807, 2.05) is 6.92 Å². The second kappa shape index (κ2) is 6.80. The number of carbonyl (C=O) groups is 2. The van der Waals surface area contributed by atoms with Crippen LogP contribution in [0.2, 0.25) is 0 Å². The van der Waals surface area contributed by atoms with Crippen molar-refractivity contribution < 1.29 is 18.0 Å². The molecule has 0 bridgehead atoms. The zero-order valence-corrected chi connectivity index (χ0v) is 15.3. The molecule has 1 aliphatic heterocycles. The number of nitrogens with zero attached hydrogens (tertiary/aromatic N) is 2. The highest BCUT2D eigenvalue weighted by molar-refractivity contribution is 7.92. The number of sulfonamides is 1. The first-order valence-electron chi connectivity index (χ1n) is 7.99. The van der Waals surface area contributed by atoms with Gasteiger partial charge in [-0.3, -0.25) is 18.8 Å². The summed E-state index contributed by atoms with van der Waals surface area (Å²) >= 11 is 0. The summed E-state index contributed by atoms with van der Waals surface area (Å²) in [6.45, 7) is 1.36. The average molecular weight is 373 g/mol. The molecule has 0 atom stereocenters. The molecule has 2 aromatic rings. The summed E-state index contributed by atoms with van der Waals surface area (Å²) in [5, 5.41) is 2.70. The molecule has 2 amide bonds. The van der Waals surface area contributed by atoms with Crippen LogP contribution in [0.1, 0.15) is 5.56 Å². The number of aryl methyl sites for hydroxylation is 1. The molecule has 7 nitrogen and oxygen atoms in total. The third-order valence-corrected chi connectivity index (χ3v) is 5.21. The molecule has 26 heavy (non-hydrogen) atoms. The Kier molecular flexibility index (Phi) is 4.69. The molecule has 3 rings (SSSR count). The molecule has 1 N–H and O–H groups in total. The van der Waals surface area contributed by atoms with Gasteiger partial charge in [-0.05, 0) is 31.2 Å². The standard InChI is InChI=1S/C18H19N3O4S/c1-13-7-9-14(10-8-13)21(26(2,24)25)12-18(23)20-11-17(22)19-15-5-3-4-6-16(15)20/h3-10H,11-12H2,1-2H3,(H,19,22). The second-order valence-corrected chi connectivity index (χ2v) is 8.06. The second-order valence-electron chi connectivity index (χ2n) is 6.15. The fourth-order valence-electron chi connectivity index (χ4n) is 2.77. The predicted molar refractivity (Wildman–Crippen MR) is 101 cm³/mol. The number of para-hydroxylation sites is 2. The van der Waals surface area contributed by atoms with Crippen LogP contribution in [0.5, 0.6) is 0 Å². The van der Waals surface area contributed by atoms with E-state index in [1.165, 1.54) is 4.90 Å². The average Bonchev–Trinajstić information content (AvgIpc) is 2.58. The first-order chi connectivity index (χ1) is 12.3. The molecule has 1 aliphatic rings. The molecule has 136 valence electrons. The third-order valence-electron chi connectivity index (χ3n) is 4.07. The maximum Gasteiger partial charge on any atom is 0.248 e. The minimum Gasteiger partial charge on any atom is -0.323 e. The zero-order valence-electron chi connectivity index (χ0n) is 14.5. The summed E-state index contributed by atoms with van der Waals surface area (Å²) in [5.74, 6) is -0.795. The first-order valence-corrected chi connectivity index (χ1v) is 9.84. The minimum atomic E-state index is -3.67.